The number of urea groups is 1. The van der Waals surface area contributed by atoms with Crippen molar-refractivity contribution in [2.24, 2.45) is 5.73 Å². The maximum Gasteiger partial charge on any atom is 0.312 e. The number of nitrogens with two attached hydrogens (primary N) is 1. The van der Waals surface area contributed by atoms with E-state index < -0.39 is 6.03 Å². The van der Waals surface area contributed by atoms with E-state index in [1.54, 1.807) is 6.07 Å². The molecule has 19 heavy (non-hydrogen) atoms. The van der Waals surface area contributed by atoms with E-state index in [0.29, 0.717) is 18.7 Å². The Kier molecular flexibility index (Phi) is 5.66. The van der Waals surface area contributed by atoms with E-state index in [0.717, 1.165) is 5.69 Å². The van der Waals surface area contributed by atoms with E-state index in [9.17, 15) is 9.59 Å². The van der Waals surface area contributed by atoms with Gasteiger partial charge in [-0.3, -0.25) is 4.79 Å². The summed E-state index contributed by atoms with van der Waals surface area (Å²) in [5, 5.41) is 8.34. The van der Waals surface area contributed by atoms with E-state index in [1.165, 1.54) is 0 Å². The average molecular weight is 264 g/mol. The van der Waals surface area contributed by atoms with Crippen LogP contribution in [0.15, 0.2) is 24.3 Å². The number of amides is 3. The van der Waals surface area contributed by atoms with Gasteiger partial charge in [0.05, 0.1) is 5.56 Å². The number of para-hydroxylation sites is 1. The normalized spacial score (nSPS) is 10.1. The lowest BCUT2D eigenvalue weighted by Gasteiger charge is -2.14. The molecular formula is C13H20N4O2. The van der Waals surface area contributed by atoms with Crippen molar-refractivity contribution in [3.63, 3.8) is 0 Å². The summed E-state index contributed by atoms with van der Waals surface area (Å²) in [4.78, 5) is 22.5. The van der Waals surface area contributed by atoms with Gasteiger partial charge in [0.1, 0.15) is 0 Å². The lowest BCUT2D eigenvalue weighted by molar-refractivity contribution is 0.0954. The van der Waals surface area contributed by atoms with Gasteiger partial charge in [0, 0.05) is 24.8 Å². The first-order chi connectivity index (χ1) is 9.00. The number of rotatable bonds is 6. The first-order valence-electron chi connectivity index (χ1n) is 6.17. The lowest BCUT2D eigenvalue weighted by Crippen LogP contribution is -2.37. The number of hydrogen-bond acceptors (Lipinski definition) is 3. The minimum absolute atomic E-state index is 0.185. The van der Waals surface area contributed by atoms with Crippen LogP contribution in [0.2, 0.25) is 0 Å². The third-order valence-corrected chi connectivity index (χ3v) is 2.33. The molecule has 0 aliphatic carbocycles. The maximum atomic E-state index is 12.0. The molecule has 0 atom stereocenters. The Morgan fingerprint density at radius 3 is 2.42 bits per heavy atom. The zero-order valence-electron chi connectivity index (χ0n) is 11.2. The molecule has 5 N–H and O–H groups in total. The van der Waals surface area contributed by atoms with E-state index >= 15 is 0 Å². The number of benzene rings is 1. The van der Waals surface area contributed by atoms with Crippen molar-refractivity contribution in [1.29, 1.82) is 0 Å². The van der Waals surface area contributed by atoms with Crippen LogP contribution in [0.25, 0.3) is 0 Å². The van der Waals surface area contributed by atoms with Crippen LogP contribution < -0.4 is 21.7 Å². The summed E-state index contributed by atoms with van der Waals surface area (Å²) in [7, 11) is 0. The molecule has 0 aliphatic heterocycles. The largest absolute Gasteiger partial charge is 0.382 e. The molecule has 1 aromatic carbocycles. The Morgan fingerprint density at radius 1 is 1.16 bits per heavy atom. The molecule has 0 saturated heterocycles. The molecule has 1 rings (SSSR count). The van der Waals surface area contributed by atoms with Crippen molar-refractivity contribution >= 4 is 17.6 Å². The number of carbonyl (C=O) groups is 2. The molecule has 3 amide bonds. The summed E-state index contributed by atoms with van der Waals surface area (Å²) < 4.78 is 0. The standard InChI is InChI=1S/C13H20N4O2/c1-9(2)17-11-6-4-3-5-10(11)12(18)15-7-8-16-13(14)19/h3-6,9,17H,7-8H2,1-2H3,(H,15,18)(H3,14,16,19). The Labute approximate surface area is 112 Å². The third-order valence-electron chi connectivity index (χ3n) is 2.33. The second-order valence-electron chi connectivity index (χ2n) is 4.39. The summed E-state index contributed by atoms with van der Waals surface area (Å²) in [6, 6.07) is 6.93. The quantitative estimate of drug-likeness (QED) is 0.575. The Hall–Kier alpha value is -2.24. The van der Waals surface area contributed by atoms with Crippen molar-refractivity contribution in [2.75, 3.05) is 18.4 Å². The van der Waals surface area contributed by atoms with Gasteiger partial charge in [0.25, 0.3) is 5.91 Å². The SMILES string of the molecule is CC(C)Nc1ccccc1C(=O)NCCNC(N)=O. The molecule has 1 aromatic rings. The number of primary amides is 1. The van der Waals surface area contributed by atoms with Gasteiger partial charge in [-0.2, -0.15) is 0 Å². The molecule has 0 aliphatic rings. The highest BCUT2D eigenvalue weighted by atomic mass is 16.2. The Bertz CT molecular complexity index is 446. The minimum atomic E-state index is -0.601. The van der Waals surface area contributed by atoms with Crippen molar-refractivity contribution in [2.45, 2.75) is 19.9 Å². The van der Waals surface area contributed by atoms with E-state index in [1.807, 2.05) is 32.0 Å². The summed E-state index contributed by atoms with van der Waals surface area (Å²) in [6.45, 7) is 4.65. The van der Waals surface area contributed by atoms with Gasteiger partial charge >= 0.3 is 6.03 Å². The van der Waals surface area contributed by atoms with Crippen molar-refractivity contribution in [3.05, 3.63) is 29.8 Å². The van der Waals surface area contributed by atoms with Crippen LogP contribution in [0.5, 0.6) is 0 Å². The number of anilines is 1. The molecule has 104 valence electrons. The number of carbonyl (C=O) groups excluding carboxylic acids is 2. The predicted octanol–water partition coefficient (Wildman–Crippen LogP) is 0.905. The molecule has 0 radical (unpaired) electrons. The highest BCUT2D eigenvalue weighted by Crippen LogP contribution is 2.15. The van der Waals surface area contributed by atoms with Crippen LogP contribution in [-0.4, -0.2) is 31.1 Å². The van der Waals surface area contributed by atoms with Gasteiger partial charge in [0.2, 0.25) is 0 Å². The van der Waals surface area contributed by atoms with E-state index in [4.69, 9.17) is 5.73 Å². The Morgan fingerprint density at radius 2 is 1.79 bits per heavy atom. The second kappa shape index (κ2) is 7.25. The van der Waals surface area contributed by atoms with Gasteiger partial charge in [-0.05, 0) is 26.0 Å². The van der Waals surface area contributed by atoms with E-state index in [2.05, 4.69) is 16.0 Å². The fourth-order valence-corrected chi connectivity index (χ4v) is 1.57. The van der Waals surface area contributed by atoms with E-state index in [-0.39, 0.29) is 11.9 Å². The highest BCUT2D eigenvalue weighted by Gasteiger charge is 2.10. The molecule has 0 fully saturated rings. The van der Waals surface area contributed by atoms with Crippen molar-refractivity contribution in [3.8, 4) is 0 Å². The molecule has 0 unspecified atom stereocenters. The molecule has 6 heteroatoms. The summed E-state index contributed by atoms with van der Waals surface area (Å²) in [5.74, 6) is -0.185. The molecule has 0 aromatic heterocycles. The van der Waals surface area contributed by atoms with Gasteiger partial charge in [-0.25, -0.2) is 4.79 Å². The topological polar surface area (TPSA) is 96.2 Å². The second-order valence-corrected chi connectivity index (χ2v) is 4.39. The smallest absolute Gasteiger partial charge is 0.312 e. The zero-order chi connectivity index (χ0) is 14.3. The minimum Gasteiger partial charge on any atom is -0.382 e. The monoisotopic (exact) mass is 264 g/mol. The molecule has 6 nitrogen and oxygen atoms in total. The van der Waals surface area contributed by atoms with Crippen LogP contribution in [0, 0.1) is 0 Å². The fourth-order valence-electron chi connectivity index (χ4n) is 1.57. The van der Waals surface area contributed by atoms with Crippen molar-refractivity contribution < 1.29 is 9.59 Å². The maximum absolute atomic E-state index is 12.0. The zero-order valence-corrected chi connectivity index (χ0v) is 11.2. The van der Waals surface area contributed by atoms with Gasteiger partial charge in [-0.15, -0.1) is 0 Å². The first-order valence-corrected chi connectivity index (χ1v) is 6.17. The van der Waals surface area contributed by atoms with Crippen LogP contribution in [-0.2, 0) is 0 Å². The molecule has 0 saturated carbocycles. The number of nitrogens with one attached hydrogen (secondary N) is 3. The van der Waals surface area contributed by atoms with Crippen LogP contribution in [0.3, 0.4) is 0 Å². The highest BCUT2D eigenvalue weighted by molar-refractivity contribution is 5.99. The molecule has 0 heterocycles. The lowest BCUT2D eigenvalue weighted by atomic mass is 10.1. The molecule has 0 spiro atoms. The summed E-state index contributed by atoms with van der Waals surface area (Å²) in [5.41, 5.74) is 6.30. The van der Waals surface area contributed by atoms with Crippen molar-refractivity contribution in [1.82, 2.24) is 10.6 Å². The summed E-state index contributed by atoms with van der Waals surface area (Å²) in [6.07, 6.45) is 0. The molecule has 0 bridgehead atoms. The first kappa shape index (κ1) is 14.8. The van der Waals surface area contributed by atoms with Crippen LogP contribution >= 0.6 is 0 Å². The van der Waals surface area contributed by atoms with Gasteiger partial charge in [0.15, 0.2) is 0 Å². The average Bonchev–Trinajstić information content (AvgIpc) is 2.34. The fraction of sp³-hybridized carbons (Fsp3) is 0.385. The van der Waals surface area contributed by atoms with Gasteiger partial charge in [-0.1, -0.05) is 12.1 Å². The number of hydrogen-bond donors (Lipinski definition) is 4. The predicted molar refractivity (Wildman–Crippen MR) is 75.1 cm³/mol. The third kappa shape index (κ3) is 5.29. The summed E-state index contributed by atoms with van der Waals surface area (Å²) >= 11 is 0. The van der Waals surface area contributed by atoms with Crippen LogP contribution in [0.1, 0.15) is 24.2 Å². The van der Waals surface area contributed by atoms with Crippen LogP contribution in [0.4, 0.5) is 10.5 Å². The van der Waals surface area contributed by atoms with Gasteiger partial charge < -0.3 is 21.7 Å². The molecular weight excluding hydrogens is 244 g/mol. The Balaban J connectivity index is 2.58.